The highest BCUT2D eigenvalue weighted by Crippen LogP contribution is 2.52. The average Bonchev–Trinajstić information content (AvgIpc) is 2.87. The molecule has 3 rings (SSSR count). The Hall–Kier alpha value is -3.46. The highest BCUT2D eigenvalue weighted by molar-refractivity contribution is 6.03. The molecule has 1 fully saturated rings. The molecule has 1 aromatic carbocycles. The summed E-state index contributed by atoms with van der Waals surface area (Å²) >= 11 is 0. The van der Waals surface area contributed by atoms with Crippen molar-refractivity contribution in [3.8, 4) is 0 Å². The van der Waals surface area contributed by atoms with Crippen molar-refractivity contribution in [1.29, 1.82) is 0 Å². The van der Waals surface area contributed by atoms with Crippen molar-refractivity contribution < 1.29 is 33.8 Å². The van der Waals surface area contributed by atoms with Crippen molar-refractivity contribution in [1.82, 2.24) is 5.32 Å². The van der Waals surface area contributed by atoms with E-state index >= 15 is 0 Å². The van der Waals surface area contributed by atoms with Gasteiger partial charge in [0.05, 0.1) is 0 Å². The first-order chi connectivity index (χ1) is 17.9. The Balaban J connectivity index is 1.97. The van der Waals surface area contributed by atoms with E-state index in [0.29, 0.717) is 29.7 Å². The van der Waals surface area contributed by atoms with E-state index in [1.165, 1.54) is 6.92 Å². The molecule has 0 aromatic heterocycles. The number of benzene rings is 1. The largest absolute Gasteiger partial charge is 0.454 e. The van der Waals surface area contributed by atoms with E-state index in [1.807, 2.05) is 19.9 Å². The number of anilines is 1. The molecular weight excluding hydrogens is 488 g/mol. The summed E-state index contributed by atoms with van der Waals surface area (Å²) in [4.78, 5) is 50.0. The second-order valence-corrected chi connectivity index (χ2v) is 10.4. The van der Waals surface area contributed by atoms with Gasteiger partial charge in [-0.15, -0.1) is 0 Å². The van der Waals surface area contributed by atoms with Crippen LogP contribution in [0.2, 0.25) is 0 Å². The fraction of sp³-hybridized carbons (Fsp3) is 0.517. The Morgan fingerprint density at radius 2 is 1.89 bits per heavy atom. The zero-order chi connectivity index (χ0) is 28.2. The van der Waals surface area contributed by atoms with Gasteiger partial charge in [0.25, 0.3) is 0 Å². The van der Waals surface area contributed by atoms with Crippen LogP contribution in [0.1, 0.15) is 57.3 Å². The molecule has 0 aliphatic heterocycles. The fourth-order valence-corrected chi connectivity index (χ4v) is 5.85. The van der Waals surface area contributed by atoms with Crippen molar-refractivity contribution in [3.63, 3.8) is 0 Å². The van der Waals surface area contributed by atoms with E-state index in [0.717, 1.165) is 12.0 Å². The van der Waals surface area contributed by atoms with E-state index in [4.69, 9.17) is 9.47 Å². The van der Waals surface area contributed by atoms with Crippen molar-refractivity contribution in [2.24, 2.45) is 17.8 Å². The number of amides is 1. The van der Waals surface area contributed by atoms with Crippen LogP contribution in [-0.2, 0) is 23.9 Å². The van der Waals surface area contributed by atoms with Crippen LogP contribution in [0.3, 0.4) is 0 Å². The van der Waals surface area contributed by atoms with Gasteiger partial charge in [0.15, 0.2) is 18.0 Å². The maximum Gasteiger partial charge on any atom is 0.329 e. The number of aliphatic hydroxyl groups is 1. The lowest BCUT2D eigenvalue weighted by Crippen LogP contribution is -2.66. The molecule has 3 N–H and O–H groups in total. The first-order valence-corrected chi connectivity index (χ1v) is 12.9. The minimum absolute atomic E-state index is 0.0610. The second-order valence-electron chi connectivity index (χ2n) is 10.4. The first-order valence-electron chi connectivity index (χ1n) is 12.9. The zero-order valence-electron chi connectivity index (χ0n) is 22.7. The molecule has 1 aromatic rings. The number of carbonyl (C=O) groups excluding carboxylic acids is 4. The molecule has 0 spiro atoms. The molecule has 1 saturated carbocycles. The van der Waals surface area contributed by atoms with Crippen molar-refractivity contribution in [3.05, 3.63) is 53.6 Å². The average molecular weight is 527 g/mol. The van der Waals surface area contributed by atoms with Crippen molar-refractivity contribution >= 4 is 29.8 Å². The minimum Gasteiger partial charge on any atom is -0.454 e. The quantitative estimate of drug-likeness (QED) is 0.183. The van der Waals surface area contributed by atoms with Crippen LogP contribution in [0.15, 0.2) is 48.1 Å². The number of Topliss-reactive ketones (excluding diaryl/α,β-unsaturated/α-hetero) is 1. The molecular formula is C29H38N2O7. The zero-order valence-corrected chi connectivity index (χ0v) is 22.7. The van der Waals surface area contributed by atoms with Crippen LogP contribution >= 0.6 is 0 Å². The van der Waals surface area contributed by atoms with Gasteiger partial charge < -0.3 is 25.2 Å². The van der Waals surface area contributed by atoms with Crippen LogP contribution in [0.25, 0.3) is 0 Å². The topological polar surface area (TPSA) is 131 Å². The van der Waals surface area contributed by atoms with Crippen LogP contribution < -0.4 is 10.6 Å². The van der Waals surface area contributed by atoms with E-state index < -0.39 is 41.7 Å². The molecule has 206 valence electrons. The molecule has 0 heterocycles. The molecule has 0 saturated heterocycles. The van der Waals surface area contributed by atoms with Crippen LogP contribution in [0.5, 0.6) is 0 Å². The van der Waals surface area contributed by atoms with Gasteiger partial charge in [-0.2, -0.15) is 0 Å². The summed E-state index contributed by atoms with van der Waals surface area (Å²) in [5.74, 6) is -2.66. The molecule has 38 heavy (non-hydrogen) atoms. The predicted octanol–water partition coefficient (Wildman–Crippen LogP) is 3.19. The fourth-order valence-electron chi connectivity index (χ4n) is 5.85. The van der Waals surface area contributed by atoms with E-state index in [1.54, 1.807) is 38.2 Å². The number of ether oxygens (including phenoxy) is 2. The second kappa shape index (κ2) is 11.9. The molecule has 2 aliphatic carbocycles. The number of rotatable bonds is 10. The lowest BCUT2D eigenvalue weighted by Gasteiger charge is -2.55. The molecule has 7 atom stereocenters. The molecule has 0 bridgehead atoms. The summed E-state index contributed by atoms with van der Waals surface area (Å²) < 4.78 is 11.5. The minimum atomic E-state index is -1.56. The highest BCUT2D eigenvalue weighted by atomic mass is 16.6. The number of hydrogen-bond donors (Lipinski definition) is 3. The van der Waals surface area contributed by atoms with Gasteiger partial charge in [0.1, 0.15) is 11.6 Å². The van der Waals surface area contributed by atoms with Crippen LogP contribution in [0, 0.1) is 17.8 Å². The number of esters is 2. The van der Waals surface area contributed by atoms with Gasteiger partial charge >= 0.3 is 11.9 Å². The smallest absolute Gasteiger partial charge is 0.329 e. The van der Waals surface area contributed by atoms with Crippen molar-refractivity contribution in [2.75, 3.05) is 12.4 Å². The van der Waals surface area contributed by atoms with Gasteiger partial charge in [-0.25, -0.2) is 4.79 Å². The van der Waals surface area contributed by atoms with Crippen LogP contribution in [-0.4, -0.2) is 60.1 Å². The van der Waals surface area contributed by atoms with Crippen molar-refractivity contribution in [2.45, 2.75) is 70.8 Å². The van der Waals surface area contributed by atoms with E-state index in [9.17, 15) is 24.3 Å². The first kappa shape index (κ1) is 29.1. The highest BCUT2D eigenvalue weighted by Gasteiger charge is 2.60. The Bertz CT molecular complexity index is 1130. The summed E-state index contributed by atoms with van der Waals surface area (Å²) in [5, 5.41) is 17.5. The maximum atomic E-state index is 13.5. The Morgan fingerprint density at radius 1 is 1.21 bits per heavy atom. The number of nitrogens with one attached hydrogen (secondary N) is 2. The van der Waals surface area contributed by atoms with E-state index in [-0.39, 0.29) is 24.0 Å². The normalized spacial score (nSPS) is 29.1. The molecule has 0 unspecified atom stereocenters. The summed E-state index contributed by atoms with van der Waals surface area (Å²) in [6.45, 7) is 10.9. The van der Waals surface area contributed by atoms with Gasteiger partial charge in [-0.05, 0) is 56.2 Å². The number of carbonyl (C=O) groups is 4. The summed E-state index contributed by atoms with van der Waals surface area (Å²) in [6.07, 6.45) is 1.04. The molecule has 2 aliphatic rings. The molecule has 9 nitrogen and oxygen atoms in total. The number of allylic oxidation sites excluding steroid dienone is 1. The number of para-hydroxylation sites is 1. The molecule has 0 radical (unpaired) electrons. The van der Waals surface area contributed by atoms with Crippen LogP contribution in [0.4, 0.5) is 5.69 Å². The van der Waals surface area contributed by atoms with Gasteiger partial charge in [0.2, 0.25) is 6.41 Å². The lowest BCUT2D eigenvalue weighted by atomic mass is 9.56. The molecule has 1 amide bonds. The maximum absolute atomic E-state index is 13.5. The summed E-state index contributed by atoms with van der Waals surface area (Å²) in [7, 11) is 1.68. The lowest BCUT2D eigenvalue weighted by molar-refractivity contribution is -0.221. The monoisotopic (exact) mass is 526 g/mol. The molecule has 9 heteroatoms. The Morgan fingerprint density at radius 3 is 2.50 bits per heavy atom. The Labute approximate surface area is 223 Å². The van der Waals surface area contributed by atoms with E-state index in [2.05, 4.69) is 17.2 Å². The third kappa shape index (κ3) is 5.67. The Kier molecular flexibility index (Phi) is 9.14. The summed E-state index contributed by atoms with van der Waals surface area (Å²) in [6, 6.07) is 5.51. The van der Waals surface area contributed by atoms with Gasteiger partial charge in [0, 0.05) is 37.6 Å². The number of ketones is 1. The number of fused-ring (bicyclic) bond motifs is 1. The third-order valence-electron chi connectivity index (χ3n) is 7.90. The van der Waals surface area contributed by atoms with Gasteiger partial charge in [-0.1, -0.05) is 37.3 Å². The third-order valence-corrected chi connectivity index (χ3v) is 7.90. The predicted molar refractivity (Wildman–Crippen MR) is 142 cm³/mol. The summed E-state index contributed by atoms with van der Waals surface area (Å²) in [5.41, 5.74) is 0.920. The number of hydrogen-bond acceptors (Lipinski definition) is 8. The standard InChI is InChI=1S/C29H38N2O7/c1-16(2)20-12-11-18(4)29(36)22(20)13-17(3)26(37-19(5)33)27(29)38-28(35)24(31-15-32)14-25(34)21-9-7-8-10-23(21)30-6/h7-10,13,15,18,20,22,24,26-27,30,36H,1,11-12,14H2,2-6H3,(H,31,32)/t18-,20+,22-,24+,26-,27+,29-/m1/s1. The van der Waals surface area contributed by atoms with Gasteiger partial charge in [-0.3, -0.25) is 14.4 Å². The SMILES string of the molecule is C=C(C)[C@@H]1CC[C@@H](C)[C@@]2(O)[C@@H]1C=C(C)[C@@H](OC(C)=O)[C@@H]2OC(=O)[C@H](CC(=O)c1ccccc1NC)NC=O.